The van der Waals surface area contributed by atoms with Gasteiger partial charge in [-0.15, -0.1) is 0 Å². The number of primary amides is 1. The molecule has 166 valence electrons. The van der Waals surface area contributed by atoms with E-state index in [2.05, 4.69) is 5.32 Å². The van der Waals surface area contributed by atoms with Crippen LogP contribution in [0.15, 0.2) is 23.1 Å². The van der Waals surface area contributed by atoms with Crippen molar-refractivity contribution >= 4 is 58.1 Å². The van der Waals surface area contributed by atoms with Crippen molar-refractivity contribution in [3.8, 4) is 11.5 Å². The number of amides is 3. The van der Waals surface area contributed by atoms with Crippen LogP contribution in [0.5, 0.6) is 11.5 Å². The van der Waals surface area contributed by atoms with Gasteiger partial charge in [0.05, 0.1) is 25.5 Å². The van der Waals surface area contributed by atoms with Gasteiger partial charge in [-0.1, -0.05) is 30.0 Å². The first-order valence-electron chi connectivity index (χ1n) is 8.94. The van der Waals surface area contributed by atoms with E-state index < -0.39 is 30.2 Å². The maximum absolute atomic E-state index is 12.7. The molecular formula is C19H21N3O7S2. The van der Waals surface area contributed by atoms with Gasteiger partial charge in [0.15, 0.2) is 11.5 Å². The predicted octanol–water partition coefficient (Wildman–Crippen LogP) is 0.740. The highest BCUT2D eigenvalue weighted by molar-refractivity contribution is 8.26. The molecular weight excluding hydrogens is 446 g/mol. The molecule has 0 spiro atoms. The second-order valence-electron chi connectivity index (χ2n) is 6.33. The monoisotopic (exact) mass is 467 g/mol. The van der Waals surface area contributed by atoms with E-state index in [1.54, 1.807) is 24.3 Å². The topological polar surface area (TPSA) is 148 Å². The van der Waals surface area contributed by atoms with Gasteiger partial charge in [0, 0.05) is 13.0 Å². The lowest BCUT2D eigenvalue weighted by molar-refractivity contribution is -0.143. The summed E-state index contributed by atoms with van der Waals surface area (Å²) in [5, 5.41) is 11.3. The van der Waals surface area contributed by atoms with E-state index in [1.165, 1.54) is 19.1 Å². The van der Waals surface area contributed by atoms with Crippen LogP contribution in [0.25, 0.3) is 6.08 Å². The van der Waals surface area contributed by atoms with Crippen molar-refractivity contribution in [2.45, 2.75) is 18.9 Å². The van der Waals surface area contributed by atoms with Crippen LogP contribution in [0.4, 0.5) is 0 Å². The summed E-state index contributed by atoms with van der Waals surface area (Å²) in [6.07, 6.45) is 0.920. The van der Waals surface area contributed by atoms with E-state index in [1.807, 2.05) is 0 Å². The van der Waals surface area contributed by atoms with Gasteiger partial charge in [-0.05, 0) is 23.8 Å². The van der Waals surface area contributed by atoms with Gasteiger partial charge >= 0.3 is 5.97 Å². The minimum Gasteiger partial charge on any atom is -0.493 e. The number of ether oxygens (including phenoxy) is 2. The van der Waals surface area contributed by atoms with Gasteiger partial charge in [-0.25, -0.2) is 4.79 Å². The van der Waals surface area contributed by atoms with Crippen molar-refractivity contribution in [3.63, 3.8) is 0 Å². The molecule has 31 heavy (non-hydrogen) atoms. The van der Waals surface area contributed by atoms with Crippen LogP contribution in [-0.2, 0) is 19.2 Å². The number of carboxylic acid groups (broad SMARTS) is 1. The Morgan fingerprint density at radius 3 is 2.55 bits per heavy atom. The molecule has 0 radical (unpaired) electrons. The number of benzene rings is 1. The third kappa shape index (κ3) is 6.43. The van der Waals surface area contributed by atoms with Gasteiger partial charge in [-0.3, -0.25) is 19.3 Å². The molecule has 1 aromatic rings. The second kappa shape index (κ2) is 10.8. The summed E-state index contributed by atoms with van der Waals surface area (Å²) in [5.41, 5.74) is 5.68. The summed E-state index contributed by atoms with van der Waals surface area (Å²) in [4.78, 5) is 48.4. The molecule has 0 aromatic heterocycles. The molecule has 1 unspecified atom stereocenters. The number of hydrogen-bond donors (Lipinski definition) is 3. The second-order valence-corrected chi connectivity index (χ2v) is 8.00. The Hall–Kier alpha value is -3.12. The van der Waals surface area contributed by atoms with Crippen LogP contribution in [-0.4, -0.2) is 64.8 Å². The summed E-state index contributed by atoms with van der Waals surface area (Å²) >= 11 is 6.32. The van der Waals surface area contributed by atoms with Crippen molar-refractivity contribution in [2.24, 2.45) is 5.73 Å². The van der Waals surface area contributed by atoms with Crippen LogP contribution in [0.3, 0.4) is 0 Å². The SMILES string of the molecule is COc1ccc(/C=C2\SC(=S)N(CCC(=O)NC(CC(N)=O)C(=O)O)C2=O)cc1OC. The number of carboxylic acids is 1. The minimum atomic E-state index is -1.43. The van der Waals surface area contributed by atoms with Gasteiger partial charge in [-0.2, -0.15) is 0 Å². The van der Waals surface area contributed by atoms with E-state index >= 15 is 0 Å². The largest absolute Gasteiger partial charge is 0.493 e. The summed E-state index contributed by atoms with van der Waals surface area (Å²) in [6, 6.07) is 3.75. The first-order chi connectivity index (χ1) is 14.7. The molecule has 0 saturated carbocycles. The van der Waals surface area contributed by atoms with Crippen molar-refractivity contribution in [2.75, 3.05) is 20.8 Å². The molecule has 1 aromatic carbocycles. The first-order valence-corrected chi connectivity index (χ1v) is 10.2. The zero-order chi connectivity index (χ0) is 23.1. The Balaban J connectivity index is 2.03. The third-order valence-electron chi connectivity index (χ3n) is 4.18. The Morgan fingerprint density at radius 2 is 1.97 bits per heavy atom. The lowest BCUT2D eigenvalue weighted by Crippen LogP contribution is -2.44. The zero-order valence-electron chi connectivity index (χ0n) is 16.7. The van der Waals surface area contributed by atoms with E-state index in [4.69, 9.17) is 32.5 Å². The Bertz CT molecular complexity index is 948. The van der Waals surface area contributed by atoms with Crippen molar-refractivity contribution in [3.05, 3.63) is 28.7 Å². The molecule has 0 aliphatic carbocycles. The normalized spacial score (nSPS) is 15.7. The number of aliphatic carboxylic acids is 1. The number of rotatable bonds is 10. The van der Waals surface area contributed by atoms with Gasteiger partial charge in [0.2, 0.25) is 11.8 Å². The maximum Gasteiger partial charge on any atom is 0.326 e. The van der Waals surface area contributed by atoms with Crippen molar-refractivity contribution < 1.29 is 33.8 Å². The van der Waals surface area contributed by atoms with E-state index in [-0.39, 0.29) is 23.2 Å². The average molecular weight is 468 g/mol. The first kappa shape index (κ1) is 24.2. The number of nitrogens with one attached hydrogen (secondary N) is 1. The smallest absolute Gasteiger partial charge is 0.326 e. The van der Waals surface area contributed by atoms with E-state index in [9.17, 15) is 19.2 Å². The Labute approximate surface area is 187 Å². The standard InChI is InChI=1S/C19H21N3O7S2/c1-28-12-4-3-10(7-13(12)29-2)8-14-17(25)22(19(30)31-14)6-5-16(24)21-11(18(26)27)9-15(20)23/h3-4,7-8,11H,5-6,9H2,1-2H3,(H2,20,23)(H,21,24)(H,26,27)/b14-8-. The summed E-state index contributed by atoms with van der Waals surface area (Å²) < 4.78 is 10.7. The number of carbonyl (C=O) groups excluding carboxylic acids is 3. The van der Waals surface area contributed by atoms with Crippen LogP contribution in [0.1, 0.15) is 18.4 Å². The average Bonchev–Trinajstić information content (AvgIpc) is 2.97. The fraction of sp³-hybridized carbons (Fsp3) is 0.316. The highest BCUT2D eigenvalue weighted by Gasteiger charge is 2.32. The summed E-state index contributed by atoms with van der Waals surface area (Å²) in [6.45, 7) is -0.0390. The molecule has 1 atom stereocenters. The number of hydrogen-bond acceptors (Lipinski definition) is 8. The molecule has 4 N–H and O–H groups in total. The molecule has 1 fully saturated rings. The fourth-order valence-corrected chi connectivity index (χ4v) is 3.98. The van der Waals surface area contributed by atoms with Gasteiger partial charge in [0.1, 0.15) is 10.4 Å². The van der Waals surface area contributed by atoms with Crippen LogP contribution in [0.2, 0.25) is 0 Å². The number of methoxy groups -OCH3 is 2. The molecule has 2 rings (SSSR count). The van der Waals surface area contributed by atoms with Gasteiger partial charge in [0.25, 0.3) is 5.91 Å². The number of thioether (sulfide) groups is 1. The van der Waals surface area contributed by atoms with Gasteiger partial charge < -0.3 is 25.6 Å². The van der Waals surface area contributed by atoms with E-state index in [0.29, 0.717) is 22.0 Å². The molecule has 1 aliphatic heterocycles. The van der Waals surface area contributed by atoms with Crippen molar-refractivity contribution in [1.82, 2.24) is 10.2 Å². The number of nitrogens with two attached hydrogens (primary N) is 1. The van der Waals surface area contributed by atoms with Crippen LogP contribution < -0.4 is 20.5 Å². The highest BCUT2D eigenvalue weighted by Crippen LogP contribution is 2.34. The molecule has 3 amide bonds. The zero-order valence-corrected chi connectivity index (χ0v) is 18.4. The van der Waals surface area contributed by atoms with Crippen LogP contribution >= 0.6 is 24.0 Å². The summed E-state index contributed by atoms with van der Waals surface area (Å²) in [5.74, 6) is -2.20. The molecule has 12 heteroatoms. The highest BCUT2D eigenvalue weighted by atomic mass is 32.2. The molecule has 10 nitrogen and oxygen atoms in total. The number of carbonyl (C=O) groups is 4. The molecule has 1 aliphatic rings. The lowest BCUT2D eigenvalue weighted by atomic mass is 10.2. The Kier molecular flexibility index (Phi) is 8.39. The number of thiocarbonyl (C=S) groups is 1. The molecule has 0 bridgehead atoms. The molecule has 1 saturated heterocycles. The summed E-state index contributed by atoms with van der Waals surface area (Å²) in [7, 11) is 3.02. The Morgan fingerprint density at radius 1 is 1.29 bits per heavy atom. The van der Waals surface area contributed by atoms with E-state index in [0.717, 1.165) is 11.8 Å². The quantitative estimate of drug-likeness (QED) is 0.335. The fourth-order valence-electron chi connectivity index (χ4n) is 2.67. The maximum atomic E-state index is 12.7. The third-order valence-corrected chi connectivity index (χ3v) is 5.56. The van der Waals surface area contributed by atoms with Crippen LogP contribution in [0, 0.1) is 0 Å². The molecule has 1 heterocycles. The number of nitrogens with zero attached hydrogens (tertiary/aromatic N) is 1. The van der Waals surface area contributed by atoms with Crippen molar-refractivity contribution in [1.29, 1.82) is 0 Å². The predicted molar refractivity (Wildman–Crippen MR) is 117 cm³/mol. The lowest BCUT2D eigenvalue weighted by Gasteiger charge is -2.16. The minimum absolute atomic E-state index is 0.0390.